The first kappa shape index (κ1) is 65.2. The van der Waals surface area contributed by atoms with E-state index in [4.69, 9.17) is 17.2 Å². The molecule has 0 aliphatic rings. The smallest absolute Gasteiger partial charge is 0.334 e. The van der Waals surface area contributed by atoms with Crippen LogP contribution < -0.4 is 70.6 Å². The van der Waals surface area contributed by atoms with Crippen molar-refractivity contribution in [2.24, 2.45) is 28.1 Å². The van der Waals surface area contributed by atoms with Crippen LogP contribution in [0.4, 0.5) is 4.79 Å². The van der Waals surface area contributed by atoms with E-state index < -0.39 is 108 Å². The average molecular weight is 1160 g/mol. The molecule has 450 valence electrons. The predicted octanol–water partition coefficient (Wildman–Crippen LogP) is -1.67. The first-order valence-corrected chi connectivity index (χ1v) is 27.2. The monoisotopic (exact) mass is 1160 g/mol. The van der Waals surface area contributed by atoms with Crippen molar-refractivity contribution in [1.29, 1.82) is 0 Å². The van der Waals surface area contributed by atoms with Crippen molar-refractivity contribution in [1.82, 2.24) is 63.4 Å². The number of aliphatic imine (C=N–C) groups is 1. The summed E-state index contributed by atoms with van der Waals surface area (Å²) in [4.78, 5) is 134. The van der Waals surface area contributed by atoms with Gasteiger partial charge >= 0.3 is 6.03 Å². The summed E-state index contributed by atoms with van der Waals surface area (Å²) in [5.41, 5.74) is 25.6. The molecule has 5 aromatic rings. The first-order chi connectivity index (χ1) is 40.1. The van der Waals surface area contributed by atoms with Crippen LogP contribution in [0.15, 0.2) is 115 Å². The summed E-state index contributed by atoms with van der Waals surface area (Å²) in [6.45, 7) is 4.18. The van der Waals surface area contributed by atoms with Crippen LogP contribution in [0.25, 0.3) is 10.9 Å². The molecule has 0 fully saturated rings. The minimum Gasteiger partial charge on any atom is -0.508 e. The van der Waals surface area contributed by atoms with Crippen molar-refractivity contribution in [2.45, 2.75) is 114 Å². The van der Waals surface area contributed by atoms with Crippen molar-refractivity contribution in [3.05, 3.63) is 132 Å². The Labute approximate surface area is 485 Å². The second-order valence-electron chi connectivity index (χ2n) is 20.4. The molecule has 0 aliphatic heterocycles. The van der Waals surface area contributed by atoms with Crippen molar-refractivity contribution in [2.75, 3.05) is 20.2 Å². The number of H-pyrrole nitrogens is 1. The minimum atomic E-state index is -1.67. The number of guanidine groups is 1. The number of aromatic nitrogens is 2. The molecule has 3 aromatic carbocycles. The summed E-state index contributed by atoms with van der Waals surface area (Å²) in [6, 6.07) is 13.6. The zero-order valence-corrected chi connectivity index (χ0v) is 47.1. The molecule has 5 rings (SSSR count). The number of phenols is 1. The number of urea groups is 1. The van der Waals surface area contributed by atoms with E-state index in [-0.39, 0.29) is 69.1 Å². The minimum absolute atomic E-state index is 0.0290. The molecule has 0 unspecified atom stereocenters. The quantitative estimate of drug-likeness (QED) is 0.0106. The molecule has 0 spiro atoms. The number of rotatable bonds is 30. The van der Waals surface area contributed by atoms with Crippen molar-refractivity contribution in [3.8, 4) is 5.75 Å². The molecule has 0 bridgehead atoms. The van der Waals surface area contributed by atoms with E-state index in [1.54, 1.807) is 74.6 Å². The number of aliphatic hydroxyl groups is 1. The Kier molecular flexibility index (Phi) is 25.4. The van der Waals surface area contributed by atoms with Gasteiger partial charge in [0.1, 0.15) is 48.0 Å². The van der Waals surface area contributed by atoms with Gasteiger partial charge in [-0.05, 0) is 91.1 Å². The molecule has 0 aliphatic carbocycles. The fourth-order valence-electron chi connectivity index (χ4n) is 8.68. The third-order valence-electron chi connectivity index (χ3n) is 13.3. The Morgan fingerprint density at radius 3 is 1.80 bits per heavy atom. The van der Waals surface area contributed by atoms with Crippen LogP contribution >= 0.6 is 0 Å². The Morgan fingerprint density at radius 1 is 0.583 bits per heavy atom. The third kappa shape index (κ3) is 21.0. The number of amides is 10. The van der Waals surface area contributed by atoms with Gasteiger partial charge in [0, 0.05) is 62.3 Å². The van der Waals surface area contributed by atoms with Gasteiger partial charge < -0.3 is 74.9 Å². The molecule has 8 atom stereocenters. The molecule has 27 nitrogen and oxygen atoms in total. The van der Waals surface area contributed by atoms with E-state index in [0.29, 0.717) is 16.7 Å². The number of para-hydroxylation sites is 1. The lowest BCUT2D eigenvalue weighted by molar-refractivity contribution is -0.135. The van der Waals surface area contributed by atoms with Gasteiger partial charge in [-0.25, -0.2) is 10.2 Å². The normalized spacial score (nSPS) is 14.2. The number of nitrogens with two attached hydrogens (primary N) is 3. The summed E-state index contributed by atoms with van der Waals surface area (Å²) < 4.78 is 0. The third-order valence-corrected chi connectivity index (χ3v) is 13.3. The number of hydrogen-bond donors (Lipinski definition) is 16. The maximum absolute atomic E-state index is 14.1. The Hall–Kier alpha value is -9.63. The number of nitrogens with zero attached hydrogens (tertiary/aromatic N) is 2. The number of aromatic amines is 1. The van der Waals surface area contributed by atoms with Gasteiger partial charge in [0.15, 0.2) is 5.96 Å². The van der Waals surface area contributed by atoms with Crippen LogP contribution in [-0.2, 0) is 64.0 Å². The van der Waals surface area contributed by atoms with Crippen LogP contribution in [0.2, 0.25) is 0 Å². The van der Waals surface area contributed by atoms with Gasteiger partial charge in [0.25, 0.3) is 5.91 Å². The van der Waals surface area contributed by atoms with E-state index in [1.807, 2.05) is 24.3 Å². The van der Waals surface area contributed by atoms with E-state index in [2.05, 4.69) is 68.3 Å². The number of primary amides is 1. The highest BCUT2D eigenvalue weighted by Gasteiger charge is 2.33. The Bertz CT molecular complexity index is 3050. The summed E-state index contributed by atoms with van der Waals surface area (Å²) in [5.74, 6) is -6.72. The number of carbonyl (C=O) groups is 9. The second-order valence-corrected chi connectivity index (χ2v) is 20.4. The highest BCUT2D eigenvalue weighted by molar-refractivity contribution is 5.97. The van der Waals surface area contributed by atoms with Crippen LogP contribution in [-0.4, -0.2) is 148 Å². The summed E-state index contributed by atoms with van der Waals surface area (Å²) in [6.07, 6.45) is 5.02. The number of phenolic OH excluding ortho intramolecular Hbond substituents is 1. The number of hydrogen-bond acceptors (Lipinski definition) is 14. The van der Waals surface area contributed by atoms with Gasteiger partial charge in [-0.2, -0.15) is 0 Å². The van der Waals surface area contributed by atoms with Gasteiger partial charge in [-0.15, -0.1) is 0 Å². The molecule has 0 radical (unpaired) electrons. The van der Waals surface area contributed by atoms with Gasteiger partial charge in [-0.1, -0.05) is 74.5 Å². The standard InChI is InChI=1S/C57H76N16O11/c1-32(2)25-44(53(81)66-42(15-10-22-63-56(60)61-4)51(79)67-43(48(59)76)29-37-30-64-41-14-9-8-13-39(37)41)71-57(84)73-72-55(83)46(27-34-11-6-5-7-12-34)69-54(82)47(31-74)70-49(77)33(3)65-52(80)45(28-36-20-23-62-24-21-36)68-50(78)40(58)26-35-16-18-38(75)19-17-35/h5-9,11-14,16-21,23-24,30,32-33,40,42-47,64,74-75H,10,15,22,25-29,31,58H2,1-4H3,(H2,59,76)(H,65,80)(H,66,81)(H,67,79)(H,68,78)(H,69,82)(H,70,77)(H,72,83)(H3,60,61,63)(H2,71,73,84)/t33-,40+,42-,43-,44-,45+,46-,47-/m0/s1. The van der Waals surface area contributed by atoms with Crippen LogP contribution in [0.3, 0.4) is 0 Å². The lowest BCUT2D eigenvalue weighted by Gasteiger charge is -2.26. The number of fused-ring (bicyclic) bond motifs is 1. The molecule has 84 heavy (non-hydrogen) atoms. The summed E-state index contributed by atoms with van der Waals surface area (Å²) >= 11 is 0. The van der Waals surface area contributed by atoms with Gasteiger partial charge in [0.2, 0.25) is 41.4 Å². The summed E-state index contributed by atoms with van der Waals surface area (Å²) in [7, 11) is 1.49. The molecular formula is C57H76N16O11. The highest BCUT2D eigenvalue weighted by atomic mass is 16.3. The molecular weight excluding hydrogens is 1080 g/mol. The molecule has 2 heterocycles. The number of pyridine rings is 1. The first-order valence-electron chi connectivity index (χ1n) is 27.2. The zero-order valence-electron chi connectivity index (χ0n) is 47.1. The topological polar surface area (TPSA) is 433 Å². The fraction of sp³-hybridized carbons (Fsp3) is 0.386. The zero-order chi connectivity index (χ0) is 61.3. The summed E-state index contributed by atoms with van der Waals surface area (Å²) in [5, 5.41) is 41.6. The number of hydrazine groups is 1. The Balaban J connectivity index is 1.22. The SMILES string of the molecule is CN=C(N)NCCC[C@H](NC(=O)[C@H](CC(C)C)NC(=O)NNC(=O)[C@H](Cc1ccccc1)NC(=O)[C@H](CO)NC(=O)[C@H](C)NC(=O)[C@@H](Cc1ccncc1)NC(=O)[C@H](N)Cc1ccc(O)cc1)C(=O)N[C@@H](Cc1c[nH]c2ccccc12)C(N)=O. The van der Waals surface area contributed by atoms with E-state index in [0.717, 1.165) is 16.5 Å². The molecule has 0 saturated carbocycles. The Morgan fingerprint density at radius 2 is 1.14 bits per heavy atom. The number of carbonyl (C=O) groups excluding carboxylic acids is 9. The van der Waals surface area contributed by atoms with Crippen molar-refractivity contribution in [3.63, 3.8) is 0 Å². The van der Waals surface area contributed by atoms with Gasteiger partial charge in [-0.3, -0.25) is 53.8 Å². The largest absolute Gasteiger partial charge is 0.508 e. The van der Waals surface area contributed by atoms with Crippen molar-refractivity contribution >= 4 is 70.2 Å². The van der Waals surface area contributed by atoms with Gasteiger partial charge in [0.05, 0.1) is 12.6 Å². The highest BCUT2D eigenvalue weighted by Crippen LogP contribution is 2.20. The lowest BCUT2D eigenvalue weighted by atomic mass is 10.0. The number of benzene rings is 3. The van der Waals surface area contributed by atoms with E-state index >= 15 is 0 Å². The fourth-order valence-corrected chi connectivity index (χ4v) is 8.68. The average Bonchev–Trinajstić information content (AvgIpc) is 4.15. The molecule has 10 amide bonds. The van der Waals surface area contributed by atoms with Crippen LogP contribution in [0.5, 0.6) is 5.75 Å². The number of nitrogens with one attached hydrogen (secondary N) is 11. The lowest BCUT2D eigenvalue weighted by Crippen LogP contribution is -2.61. The molecule has 19 N–H and O–H groups in total. The van der Waals surface area contributed by atoms with Crippen molar-refractivity contribution < 1.29 is 53.4 Å². The number of aliphatic hydroxyl groups excluding tert-OH is 1. The predicted molar refractivity (Wildman–Crippen MR) is 311 cm³/mol. The van der Waals surface area contributed by atoms with E-state index in [9.17, 15) is 53.4 Å². The molecule has 27 heteroatoms. The maximum Gasteiger partial charge on any atom is 0.334 e. The second kappa shape index (κ2) is 32.7. The molecule has 0 saturated heterocycles. The number of aromatic hydroxyl groups is 1. The molecule has 2 aromatic heterocycles. The van der Waals surface area contributed by atoms with Crippen LogP contribution in [0.1, 0.15) is 62.3 Å². The van der Waals surface area contributed by atoms with Crippen LogP contribution in [0, 0.1) is 5.92 Å². The maximum atomic E-state index is 14.1. The van der Waals surface area contributed by atoms with E-state index in [1.165, 1.54) is 38.5 Å².